The van der Waals surface area contributed by atoms with Gasteiger partial charge in [-0.25, -0.2) is 0 Å². The first-order chi connectivity index (χ1) is 13.0. The molecule has 0 radical (unpaired) electrons. The minimum atomic E-state index is -0.533. The van der Waals surface area contributed by atoms with Crippen molar-refractivity contribution in [2.75, 3.05) is 5.32 Å². The van der Waals surface area contributed by atoms with Crippen molar-refractivity contribution in [3.8, 4) is 0 Å². The third-order valence-electron chi connectivity index (χ3n) is 4.89. The molecule has 1 aliphatic rings. The highest BCUT2D eigenvalue weighted by molar-refractivity contribution is 6.07. The average Bonchev–Trinajstić information content (AvgIpc) is 3.17. The van der Waals surface area contributed by atoms with E-state index >= 15 is 0 Å². The van der Waals surface area contributed by atoms with Crippen molar-refractivity contribution in [3.05, 3.63) is 87.2 Å². The molecule has 1 aromatic carbocycles. The van der Waals surface area contributed by atoms with Gasteiger partial charge < -0.3 is 14.7 Å². The van der Waals surface area contributed by atoms with Crippen LogP contribution in [0.4, 0.5) is 5.69 Å². The number of pyridine rings is 1. The molecule has 1 aliphatic carbocycles. The molecule has 0 fully saturated rings. The number of rotatable bonds is 3. The standard InChI is InChI=1S/C21H18N2O4/c1-12-5-2-3-6-16(12)22-20(25)15-11-14-17(23-21(15)26)9-13(10-18(14)24)19-7-4-8-27-19/h2-8,11,13H,9-10H2,1H3,(H,22,25)(H,23,26)/t13-/m1/s1. The van der Waals surface area contributed by atoms with Gasteiger partial charge in [-0.1, -0.05) is 18.2 Å². The smallest absolute Gasteiger partial charge is 0.261 e. The number of benzene rings is 1. The largest absolute Gasteiger partial charge is 0.469 e. The second-order valence-corrected chi connectivity index (χ2v) is 6.72. The minimum absolute atomic E-state index is 0.0678. The van der Waals surface area contributed by atoms with Gasteiger partial charge in [0.15, 0.2) is 5.78 Å². The van der Waals surface area contributed by atoms with Crippen molar-refractivity contribution < 1.29 is 14.0 Å². The van der Waals surface area contributed by atoms with Crippen molar-refractivity contribution in [2.24, 2.45) is 0 Å². The highest BCUT2D eigenvalue weighted by Crippen LogP contribution is 2.31. The Bertz CT molecular complexity index is 1080. The van der Waals surface area contributed by atoms with Crippen LogP contribution >= 0.6 is 0 Å². The topological polar surface area (TPSA) is 92.2 Å². The number of carbonyl (C=O) groups is 2. The van der Waals surface area contributed by atoms with E-state index in [-0.39, 0.29) is 23.7 Å². The number of para-hydroxylation sites is 1. The summed E-state index contributed by atoms with van der Waals surface area (Å²) in [4.78, 5) is 40.3. The Balaban J connectivity index is 1.65. The zero-order valence-corrected chi connectivity index (χ0v) is 14.7. The van der Waals surface area contributed by atoms with E-state index in [9.17, 15) is 14.4 Å². The Kier molecular flexibility index (Phi) is 4.24. The number of anilines is 1. The molecular weight excluding hydrogens is 344 g/mol. The normalized spacial score (nSPS) is 16.0. The second-order valence-electron chi connectivity index (χ2n) is 6.72. The van der Waals surface area contributed by atoms with Gasteiger partial charge in [-0.15, -0.1) is 0 Å². The van der Waals surface area contributed by atoms with Crippen molar-refractivity contribution in [3.63, 3.8) is 0 Å². The SMILES string of the molecule is Cc1ccccc1NC(=O)c1cc2c([nH]c1=O)C[C@@H](c1ccco1)CC2=O. The first kappa shape index (κ1) is 17.0. The summed E-state index contributed by atoms with van der Waals surface area (Å²) in [5, 5.41) is 2.73. The van der Waals surface area contributed by atoms with Gasteiger partial charge in [0.2, 0.25) is 0 Å². The van der Waals surface area contributed by atoms with Gasteiger partial charge >= 0.3 is 0 Å². The maximum Gasteiger partial charge on any atom is 0.261 e. The first-order valence-corrected chi connectivity index (χ1v) is 8.72. The molecule has 0 unspecified atom stereocenters. The number of Topliss-reactive ketones (excluding diaryl/α,β-unsaturated/α-hetero) is 1. The number of aromatic amines is 1. The summed E-state index contributed by atoms with van der Waals surface area (Å²) < 4.78 is 5.40. The molecule has 136 valence electrons. The fourth-order valence-electron chi connectivity index (χ4n) is 3.43. The Labute approximate surface area is 155 Å². The number of hydrogen-bond donors (Lipinski definition) is 2. The summed E-state index contributed by atoms with van der Waals surface area (Å²) in [5.41, 5.74) is 1.88. The summed E-state index contributed by atoms with van der Waals surface area (Å²) in [5.74, 6) is -0.0355. The average molecular weight is 362 g/mol. The number of furan rings is 1. The van der Waals surface area contributed by atoms with Gasteiger partial charge in [-0.3, -0.25) is 14.4 Å². The number of carbonyl (C=O) groups excluding carboxylic acids is 2. The quantitative estimate of drug-likeness (QED) is 0.746. The van der Waals surface area contributed by atoms with Gasteiger partial charge in [0.25, 0.3) is 11.5 Å². The van der Waals surface area contributed by atoms with Gasteiger partial charge in [-0.05, 0) is 43.2 Å². The van der Waals surface area contributed by atoms with E-state index in [4.69, 9.17) is 4.42 Å². The van der Waals surface area contributed by atoms with E-state index in [0.29, 0.717) is 23.4 Å². The fraction of sp³-hybridized carbons (Fsp3) is 0.190. The van der Waals surface area contributed by atoms with Crippen LogP contribution in [0.3, 0.4) is 0 Å². The van der Waals surface area contributed by atoms with Crippen LogP contribution in [0.15, 0.2) is 57.9 Å². The van der Waals surface area contributed by atoms with Crippen LogP contribution in [0, 0.1) is 6.92 Å². The molecule has 2 heterocycles. The Morgan fingerprint density at radius 1 is 1.15 bits per heavy atom. The Hall–Kier alpha value is -3.41. The van der Waals surface area contributed by atoms with Crippen LogP contribution in [-0.4, -0.2) is 16.7 Å². The lowest BCUT2D eigenvalue weighted by Gasteiger charge is -2.22. The van der Waals surface area contributed by atoms with Crippen LogP contribution in [0.1, 0.15) is 50.1 Å². The second kappa shape index (κ2) is 6.72. The lowest BCUT2D eigenvalue weighted by Crippen LogP contribution is -2.29. The molecule has 4 rings (SSSR count). The highest BCUT2D eigenvalue weighted by Gasteiger charge is 2.30. The number of H-pyrrole nitrogens is 1. The zero-order valence-electron chi connectivity index (χ0n) is 14.7. The predicted octanol–water partition coefficient (Wildman–Crippen LogP) is 3.44. The molecular formula is C21H18N2O4. The number of aryl methyl sites for hydroxylation is 1. The monoisotopic (exact) mass is 362 g/mol. The maximum atomic E-state index is 12.6. The van der Waals surface area contributed by atoms with Crippen molar-refractivity contribution in [1.29, 1.82) is 0 Å². The van der Waals surface area contributed by atoms with Crippen LogP contribution < -0.4 is 10.9 Å². The van der Waals surface area contributed by atoms with Gasteiger partial charge in [-0.2, -0.15) is 0 Å². The van der Waals surface area contributed by atoms with E-state index in [1.165, 1.54) is 6.07 Å². The molecule has 27 heavy (non-hydrogen) atoms. The molecule has 2 aromatic heterocycles. The first-order valence-electron chi connectivity index (χ1n) is 8.72. The summed E-state index contributed by atoms with van der Waals surface area (Å²) >= 11 is 0. The lowest BCUT2D eigenvalue weighted by molar-refractivity contribution is 0.0959. The Morgan fingerprint density at radius 2 is 1.96 bits per heavy atom. The van der Waals surface area contributed by atoms with Gasteiger partial charge in [0.05, 0.1) is 6.26 Å². The molecule has 1 atom stereocenters. The molecule has 2 N–H and O–H groups in total. The van der Waals surface area contributed by atoms with E-state index in [1.54, 1.807) is 24.5 Å². The molecule has 3 aromatic rings. The third-order valence-corrected chi connectivity index (χ3v) is 4.89. The summed E-state index contributed by atoms with van der Waals surface area (Å²) in [6, 6.07) is 12.3. The molecule has 0 saturated heterocycles. The highest BCUT2D eigenvalue weighted by atomic mass is 16.3. The van der Waals surface area contributed by atoms with E-state index in [2.05, 4.69) is 10.3 Å². The summed E-state index contributed by atoms with van der Waals surface area (Å²) in [6.07, 6.45) is 2.34. The molecule has 6 nitrogen and oxygen atoms in total. The van der Waals surface area contributed by atoms with Crippen LogP contribution in [0.2, 0.25) is 0 Å². The number of hydrogen-bond acceptors (Lipinski definition) is 4. The van der Waals surface area contributed by atoms with Crippen LogP contribution in [0.5, 0.6) is 0 Å². The number of amides is 1. The summed E-state index contributed by atoms with van der Waals surface area (Å²) in [7, 11) is 0. The summed E-state index contributed by atoms with van der Waals surface area (Å²) in [6.45, 7) is 1.87. The van der Waals surface area contributed by atoms with E-state index < -0.39 is 11.5 Å². The van der Waals surface area contributed by atoms with Crippen LogP contribution in [-0.2, 0) is 6.42 Å². The molecule has 6 heteroatoms. The lowest BCUT2D eigenvalue weighted by atomic mass is 9.84. The van der Waals surface area contributed by atoms with Gasteiger partial charge in [0.1, 0.15) is 11.3 Å². The van der Waals surface area contributed by atoms with E-state index in [1.807, 2.05) is 25.1 Å². The van der Waals surface area contributed by atoms with Crippen molar-refractivity contribution in [1.82, 2.24) is 4.98 Å². The number of nitrogens with one attached hydrogen (secondary N) is 2. The Morgan fingerprint density at radius 3 is 2.70 bits per heavy atom. The number of ketones is 1. The van der Waals surface area contributed by atoms with Crippen LogP contribution in [0.25, 0.3) is 0 Å². The molecule has 0 saturated carbocycles. The number of aromatic nitrogens is 1. The zero-order chi connectivity index (χ0) is 19.0. The van der Waals surface area contributed by atoms with Crippen molar-refractivity contribution >= 4 is 17.4 Å². The number of fused-ring (bicyclic) bond motifs is 1. The molecule has 0 aliphatic heterocycles. The van der Waals surface area contributed by atoms with Gasteiger partial charge in [0, 0.05) is 29.3 Å². The molecule has 0 spiro atoms. The predicted molar refractivity (Wildman–Crippen MR) is 100 cm³/mol. The minimum Gasteiger partial charge on any atom is -0.469 e. The molecule has 1 amide bonds. The third kappa shape index (κ3) is 3.21. The molecule has 0 bridgehead atoms. The maximum absolute atomic E-state index is 12.6. The van der Waals surface area contributed by atoms with E-state index in [0.717, 1.165) is 11.3 Å². The fourth-order valence-corrected chi connectivity index (χ4v) is 3.43. The van der Waals surface area contributed by atoms with Crippen molar-refractivity contribution in [2.45, 2.75) is 25.7 Å².